The van der Waals surface area contributed by atoms with Crippen LogP contribution in [0.3, 0.4) is 0 Å². The third kappa shape index (κ3) is 3.41. The molecule has 1 aliphatic carbocycles. The summed E-state index contributed by atoms with van der Waals surface area (Å²) in [5.41, 5.74) is 1.60. The van der Waals surface area contributed by atoms with Crippen LogP contribution in [-0.2, 0) is 0 Å². The van der Waals surface area contributed by atoms with E-state index in [1.165, 1.54) is 0 Å². The standard InChI is InChI=1S/C20H24N2O3/c1-24-16-10-8-14(9-11-16)18-5-3-2-4-12-22(18)20(23)17-13-19(25-21-17)15-6-7-15/h8-11,13,15,18H,2-7,12H2,1H3. The zero-order chi connectivity index (χ0) is 17.2. The highest BCUT2D eigenvalue weighted by Gasteiger charge is 2.32. The van der Waals surface area contributed by atoms with Gasteiger partial charge < -0.3 is 14.2 Å². The SMILES string of the molecule is COc1ccc(C2CCCCCN2C(=O)c2cc(C3CC3)on2)cc1. The maximum atomic E-state index is 13.1. The van der Waals surface area contributed by atoms with Crippen LogP contribution in [0.5, 0.6) is 5.75 Å². The van der Waals surface area contributed by atoms with Crippen LogP contribution < -0.4 is 4.74 Å². The molecule has 2 aromatic rings. The van der Waals surface area contributed by atoms with Gasteiger partial charge in [0, 0.05) is 18.5 Å². The van der Waals surface area contributed by atoms with Crippen molar-refractivity contribution in [3.05, 3.63) is 47.3 Å². The molecule has 4 rings (SSSR count). The summed E-state index contributed by atoms with van der Waals surface area (Å²) in [6, 6.07) is 9.98. The molecule has 132 valence electrons. The summed E-state index contributed by atoms with van der Waals surface area (Å²) in [6.07, 6.45) is 6.58. The Balaban J connectivity index is 1.59. The van der Waals surface area contributed by atoms with Gasteiger partial charge in [0.25, 0.3) is 5.91 Å². The Morgan fingerprint density at radius 1 is 1.16 bits per heavy atom. The summed E-state index contributed by atoms with van der Waals surface area (Å²) in [7, 11) is 1.67. The zero-order valence-corrected chi connectivity index (χ0v) is 14.6. The van der Waals surface area contributed by atoms with Gasteiger partial charge in [-0.25, -0.2) is 0 Å². The minimum Gasteiger partial charge on any atom is -0.497 e. The Bertz CT molecular complexity index is 734. The monoisotopic (exact) mass is 340 g/mol. The molecule has 2 fully saturated rings. The second-order valence-electron chi connectivity index (χ2n) is 7.03. The van der Waals surface area contributed by atoms with E-state index in [0.29, 0.717) is 11.6 Å². The van der Waals surface area contributed by atoms with Crippen LogP contribution in [0.2, 0.25) is 0 Å². The summed E-state index contributed by atoms with van der Waals surface area (Å²) >= 11 is 0. The summed E-state index contributed by atoms with van der Waals surface area (Å²) < 4.78 is 10.6. The number of nitrogens with zero attached hydrogens (tertiary/aromatic N) is 2. The van der Waals surface area contributed by atoms with Gasteiger partial charge in [0.15, 0.2) is 5.69 Å². The number of aromatic nitrogens is 1. The van der Waals surface area contributed by atoms with Gasteiger partial charge in [0.1, 0.15) is 11.5 Å². The number of hydrogen-bond acceptors (Lipinski definition) is 4. The average molecular weight is 340 g/mol. The molecule has 1 aromatic carbocycles. The number of carbonyl (C=O) groups is 1. The molecule has 5 heteroatoms. The van der Waals surface area contributed by atoms with E-state index in [4.69, 9.17) is 9.26 Å². The first-order valence-electron chi connectivity index (χ1n) is 9.18. The Hall–Kier alpha value is -2.30. The van der Waals surface area contributed by atoms with E-state index >= 15 is 0 Å². The normalized spacial score (nSPS) is 21.0. The van der Waals surface area contributed by atoms with Gasteiger partial charge in [-0.05, 0) is 43.4 Å². The van der Waals surface area contributed by atoms with Crippen LogP contribution >= 0.6 is 0 Å². The first-order valence-corrected chi connectivity index (χ1v) is 9.18. The van der Waals surface area contributed by atoms with Gasteiger partial charge in [-0.15, -0.1) is 0 Å². The molecule has 0 bridgehead atoms. The Kier molecular flexibility index (Phi) is 4.47. The molecule has 0 N–H and O–H groups in total. The van der Waals surface area contributed by atoms with Crippen molar-refractivity contribution in [1.29, 1.82) is 0 Å². The Labute approximate surface area is 147 Å². The number of likely N-dealkylation sites (tertiary alicyclic amines) is 1. The molecule has 1 unspecified atom stereocenters. The molecule has 1 amide bonds. The molecule has 1 saturated heterocycles. The molecule has 0 radical (unpaired) electrons. The summed E-state index contributed by atoms with van der Waals surface area (Å²) in [5.74, 6) is 2.15. The van der Waals surface area contributed by atoms with Crippen molar-refractivity contribution in [3.8, 4) is 5.75 Å². The number of rotatable bonds is 4. The smallest absolute Gasteiger partial charge is 0.276 e. The van der Waals surface area contributed by atoms with Crippen LogP contribution in [0.15, 0.2) is 34.9 Å². The fourth-order valence-electron chi connectivity index (χ4n) is 3.62. The van der Waals surface area contributed by atoms with Crippen molar-refractivity contribution in [3.63, 3.8) is 0 Å². The van der Waals surface area contributed by atoms with Crippen molar-refractivity contribution in [1.82, 2.24) is 10.1 Å². The highest BCUT2D eigenvalue weighted by molar-refractivity contribution is 5.92. The van der Waals surface area contributed by atoms with Crippen LogP contribution in [0.25, 0.3) is 0 Å². The van der Waals surface area contributed by atoms with Crippen molar-refractivity contribution in [2.75, 3.05) is 13.7 Å². The first kappa shape index (κ1) is 16.2. The van der Waals surface area contributed by atoms with Crippen molar-refractivity contribution < 1.29 is 14.1 Å². The molecular weight excluding hydrogens is 316 g/mol. The fraction of sp³-hybridized carbons (Fsp3) is 0.500. The van der Waals surface area contributed by atoms with E-state index in [1.807, 2.05) is 23.1 Å². The second kappa shape index (κ2) is 6.90. The molecule has 0 spiro atoms. The van der Waals surface area contributed by atoms with Gasteiger partial charge in [-0.1, -0.05) is 30.1 Å². The highest BCUT2D eigenvalue weighted by Crippen LogP contribution is 2.40. The van der Waals surface area contributed by atoms with Gasteiger partial charge in [-0.2, -0.15) is 0 Å². The van der Waals surface area contributed by atoms with Gasteiger partial charge in [0.2, 0.25) is 0 Å². The van der Waals surface area contributed by atoms with E-state index in [0.717, 1.165) is 62.1 Å². The molecule has 1 aromatic heterocycles. The van der Waals surface area contributed by atoms with E-state index in [2.05, 4.69) is 17.3 Å². The summed E-state index contributed by atoms with van der Waals surface area (Å²) in [4.78, 5) is 15.1. The minimum absolute atomic E-state index is 0.0154. The summed E-state index contributed by atoms with van der Waals surface area (Å²) in [6.45, 7) is 0.765. The van der Waals surface area contributed by atoms with E-state index < -0.39 is 0 Å². The zero-order valence-electron chi connectivity index (χ0n) is 14.6. The van der Waals surface area contributed by atoms with E-state index in [-0.39, 0.29) is 11.9 Å². The second-order valence-corrected chi connectivity index (χ2v) is 7.03. The number of methoxy groups -OCH3 is 1. The predicted octanol–water partition coefficient (Wildman–Crippen LogP) is 4.32. The van der Waals surface area contributed by atoms with E-state index in [9.17, 15) is 4.79 Å². The van der Waals surface area contributed by atoms with E-state index in [1.54, 1.807) is 7.11 Å². The molecule has 5 nitrogen and oxygen atoms in total. The van der Waals surface area contributed by atoms with Gasteiger partial charge >= 0.3 is 0 Å². The molecule has 2 heterocycles. The van der Waals surface area contributed by atoms with Gasteiger partial charge in [-0.3, -0.25) is 4.79 Å². The predicted molar refractivity (Wildman–Crippen MR) is 93.7 cm³/mol. The third-order valence-corrected chi connectivity index (χ3v) is 5.24. The van der Waals surface area contributed by atoms with Crippen LogP contribution in [0.4, 0.5) is 0 Å². The summed E-state index contributed by atoms with van der Waals surface area (Å²) in [5, 5.41) is 4.05. The lowest BCUT2D eigenvalue weighted by molar-refractivity contribution is 0.0670. The largest absolute Gasteiger partial charge is 0.497 e. The number of amides is 1. The molecule has 1 saturated carbocycles. The number of hydrogen-bond donors (Lipinski definition) is 0. The van der Waals surface area contributed by atoms with Crippen molar-refractivity contribution >= 4 is 5.91 Å². The first-order chi connectivity index (χ1) is 12.3. The molecule has 1 aliphatic heterocycles. The van der Waals surface area contributed by atoms with Crippen LogP contribution in [0.1, 0.15) is 72.3 Å². The lowest BCUT2D eigenvalue weighted by atomic mass is 10.0. The van der Waals surface area contributed by atoms with Gasteiger partial charge in [0.05, 0.1) is 13.2 Å². The number of benzene rings is 1. The molecule has 2 aliphatic rings. The average Bonchev–Trinajstić information content (AvgIpc) is 3.43. The third-order valence-electron chi connectivity index (χ3n) is 5.24. The van der Waals surface area contributed by atoms with Crippen molar-refractivity contribution in [2.24, 2.45) is 0 Å². The maximum Gasteiger partial charge on any atom is 0.276 e. The minimum atomic E-state index is -0.0154. The topological polar surface area (TPSA) is 55.6 Å². The van der Waals surface area contributed by atoms with Crippen LogP contribution in [0, 0.1) is 0 Å². The van der Waals surface area contributed by atoms with Crippen molar-refractivity contribution in [2.45, 2.75) is 50.5 Å². The molecule has 1 atom stereocenters. The maximum absolute atomic E-state index is 13.1. The molecule has 25 heavy (non-hydrogen) atoms. The fourth-order valence-corrected chi connectivity index (χ4v) is 3.62. The Morgan fingerprint density at radius 3 is 2.68 bits per heavy atom. The Morgan fingerprint density at radius 2 is 1.96 bits per heavy atom. The lowest BCUT2D eigenvalue weighted by Crippen LogP contribution is -2.35. The number of carbonyl (C=O) groups excluding carboxylic acids is 1. The highest BCUT2D eigenvalue weighted by atomic mass is 16.5. The molecular formula is C20H24N2O3. The lowest BCUT2D eigenvalue weighted by Gasteiger charge is -2.30. The van der Waals surface area contributed by atoms with Crippen LogP contribution in [-0.4, -0.2) is 29.6 Å². The quantitative estimate of drug-likeness (QED) is 0.832. The number of ether oxygens (including phenoxy) is 1.